The van der Waals surface area contributed by atoms with Crippen LogP contribution < -0.4 is 10.7 Å². The molecule has 0 unspecified atom stereocenters. The summed E-state index contributed by atoms with van der Waals surface area (Å²) in [6, 6.07) is 17.4. The van der Waals surface area contributed by atoms with E-state index in [1.165, 1.54) is 12.5 Å². The van der Waals surface area contributed by atoms with E-state index in [1.54, 1.807) is 42.5 Å². The maximum atomic E-state index is 12.3. The van der Waals surface area contributed by atoms with E-state index in [0.29, 0.717) is 22.6 Å². The quantitative estimate of drug-likeness (QED) is 0.546. The van der Waals surface area contributed by atoms with Crippen molar-refractivity contribution >= 4 is 23.7 Å². The van der Waals surface area contributed by atoms with Crippen LogP contribution in [0.25, 0.3) is 0 Å². The lowest BCUT2D eigenvalue weighted by atomic mass is 10.1. The fourth-order valence-electron chi connectivity index (χ4n) is 2.31. The van der Waals surface area contributed by atoms with Gasteiger partial charge in [0, 0.05) is 16.8 Å². The molecule has 0 radical (unpaired) electrons. The lowest BCUT2D eigenvalue weighted by molar-refractivity contribution is 0.0954. The van der Waals surface area contributed by atoms with E-state index in [9.17, 15) is 9.59 Å². The highest BCUT2D eigenvalue weighted by Crippen LogP contribution is 2.13. The van der Waals surface area contributed by atoms with Gasteiger partial charge >= 0.3 is 0 Å². The minimum atomic E-state index is -0.357. The van der Waals surface area contributed by atoms with Crippen LogP contribution in [0.2, 0.25) is 0 Å². The van der Waals surface area contributed by atoms with Crippen LogP contribution in [0.3, 0.4) is 0 Å². The van der Waals surface area contributed by atoms with Gasteiger partial charge in [0.1, 0.15) is 5.76 Å². The Morgan fingerprint density at radius 3 is 2.42 bits per heavy atom. The van der Waals surface area contributed by atoms with Crippen LogP contribution in [0.1, 0.15) is 32.0 Å². The average molecular weight is 347 g/mol. The van der Waals surface area contributed by atoms with Crippen LogP contribution in [0.4, 0.5) is 5.69 Å². The van der Waals surface area contributed by atoms with Crippen molar-refractivity contribution < 1.29 is 14.0 Å². The molecule has 0 spiro atoms. The average Bonchev–Trinajstić information content (AvgIpc) is 3.16. The monoisotopic (exact) mass is 347 g/mol. The predicted molar refractivity (Wildman–Crippen MR) is 99.3 cm³/mol. The van der Waals surface area contributed by atoms with Gasteiger partial charge in [0.05, 0.1) is 12.5 Å². The van der Waals surface area contributed by atoms with Crippen molar-refractivity contribution in [3.05, 3.63) is 89.4 Å². The molecule has 26 heavy (non-hydrogen) atoms. The zero-order valence-electron chi connectivity index (χ0n) is 14.1. The Labute approximate surface area is 150 Å². The summed E-state index contributed by atoms with van der Waals surface area (Å²) in [7, 11) is 0. The lowest BCUT2D eigenvalue weighted by Crippen LogP contribution is -2.18. The largest absolute Gasteiger partial charge is 0.463 e. The highest BCUT2D eigenvalue weighted by atomic mass is 16.3. The van der Waals surface area contributed by atoms with E-state index in [2.05, 4.69) is 15.8 Å². The first-order chi connectivity index (χ1) is 12.6. The number of rotatable bonds is 5. The van der Waals surface area contributed by atoms with Gasteiger partial charge in [-0.15, -0.1) is 0 Å². The molecule has 0 fully saturated rings. The third kappa shape index (κ3) is 4.24. The molecule has 0 saturated carbocycles. The van der Waals surface area contributed by atoms with E-state index >= 15 is 0 Å². The number of benzene rings is 2. The maximum absolute atomic E-state index is 12.3. The highest BCUT2D eigenvalue weighted by molar-refractivity contribution is 6.05. The molecule has 3 rings (SSSR count). The number of hydrogen-bond acceptors (Lipinski definition) is 4. The Kier molecular flexibility index (Phi) is 5.24. The fraction of sp³-hybridized carbons (Fsp3) is 0.0500. The Morgan fingerprint density at radius 2 is 1.73 bits per heavy atom. The number of hydrazone groups is 1. The summed E-state index contributed by atoms with van der Waals surface area (Å²) in [5, 5.41) is 6.64. The van der Waals surface area contributed by atoms with Crippen molar-refractivity contribution in [1.82, 2.24) is 5.43 Å². The number of carbonyl (C=O) groups excluding carboxylic acids is 2. The topological polar surface area (TPSA) is 83.7 Å². The molecule has 1 aromatic heterocycles. The van der Waals surface area contributed by atoms with Gasteiger partial charge < -0.3 is 9.73 Å². The summed E-state index contributed by atoms with van der Waals surface area (Å²) in [5.41, 5.74) is 4.96. The summed E-state index contributed by atoms with van der Waals surface area (Å²) in [4.78, 5) is 24.3. The summed E-state index contributed by atoms with van der Waals surface area (Å²) < 4.78 is 5.08. The molecule has 3 aromatic rings. The number of nitrogens with one attached hydrogen (secondary N) is 2. The molecule has 0 bridgehead atoms. The summed E-state index contributed by atoms with van der Waals surface area (Å²) in [5.74, 6) is -0.00694. The second kappa shape index (κ2) is 7.94. The molecule has 2 aromatic carbocycles. The number of hydrogen-bond donors (Lipinski definition) is 2. The zero-order valence-corrected chi connectivity index (χ0v) is 14.1. The van der Waals surface area contributed by atoms with Crippen molar-refractivity contribution in [3.63, 3.8) is 0 Å². The molecule has 0 atom stereocenters. The minimum absolute atomic E-state index is 0.191. The maximum Gasteiger partial charge on any atom is 0.271 e. The van der Waals surface area contributed by atoms with Crippen molar-refractivity contribution in [1.29, 1.82) is 0 Å². The standard InChI is InChI=1S/C20H17N3O3/c1-14-5-2-3-7-18(14)20(25)22-16-10-8-15(9-11-16)19(24)23-21-13-17-6-4-12-26-17/h2-13H,1H3,(H,22,25)(H,23,24)/b21-13+. The number of anilines is 1. The van der Waals surface area contributed by atoms with Crippen LogP contribution in [0.5, 0.6) is 0 Å². The first-order valence-corrected chi connectivity index (χ1v) is 7.97. The number of furan rings is 1. The van der Waals surface area contributed by atoms with Gasteiger partial charge in [-0.1, -0.05) is 18.2 Å². The normalized spacial score (nSPS) is 10.7. The van der Waals surface area contributed by atoms with Gasteiger partial charge in [-0.3, -0.25) is 9.59 Å². The van der Waals surface area contributed by atoms with Gasteiger partial charge in [-0.2, -0.15) is 5.10 Å². The molecule has 2 N–H and O–H groups in total. The molecule has 2 amide bonds. The van der Waals surface area contributed by atoms with Crippen molar-refractivity contribution in [2.24, 2.45) is 5.10 Å². The van der Waals surface area contributed by atoms with E-state index in [0.717, 1.165) is 5.56 Å². The smallest absolute Gasteiger partial charge is 0.271 e. The van der Waals surface area contributed by atoms with Gasteiger partial charge in [0.2, 0.25) is 0 Å². The number of aryl methyl sites for hydroxylation is 1. The lowest BCUT2D eigenvalue weighted by Gasteiger charge is -2.08. The highest BCUT2D eigenvalue weighted by Gasteiger charge is 2.09. The first kappa shape index (κ1) is 17.2. The molecule has 0 aliphatic heterocycles. The molecule has 6 nitrogen and oxygen atoms in total. The fourth-order valence-corrected chi connectivity index (χ4v) is 2.31. The van der Waals surface area contributed by atoms with Crippen molar-refractivity contribution in [2.75, 3.05) is 5.32 Å². The Bertz CT molecular complexity index is 929. The predicted octanol–water partition coefficient (Wildman–Crippen LogP) is 3.60. The molecule has 0 saturated heterocycles. The Hall–Kier alpha value is -3.67. The molecule has 0 aliphatic carbocycles. The van der Waals surface area contributed by atoms with Gasteiger partial charge in [-0.05, 0) is 55.0 Å². The second-order valence-electron chi connectivity index (χ2n) is 5.56. The summed E-state index contributed by atoms with van der Waals surface area (Å²) in [6.07, 6.45) is 2.93. The van der Waals surface area contributed by atoms with E-state index in [1.807, 2.05) is 25.1 Å². The SMILES string of the molecule is Cc1ccccc1C(=O)Nc1ccc(C(=O)N/N=C/c2ccco2)cc1. The first-order valence-electron chi connectivity index (χ1n) is 7.97. The van der Waals surface area contributed by atoms with E-state index < -0.39 is 0 Å². The van der Waals surface area contributed by atoms with Crippen molar-refractivity contribution in [3.8, 4) is 0 Å². The van der Waals surface area contributed by atoms with Crippen LogP contribution in [-0.4, -0.2) is 18.0 Å². The Balaban J connectivity index is 1.60. The molecular weight excluding hydrogens is 330 g/mol. The molecule has 0 aliphatic rings. The van der Waals surface area contributed by atoms with Crippen LogP contribution in [0, 0.1) is 6.92 Å². The van der Waals surface area contributed by atoms with Crippen LogP contribution >= 0.6 is 0 Å². The molecular formula is C20H17N3O3. The number of nitrogens with zero attached hydrogens (tertiary/aromatic N) is 1. The molecule has 6 heteroatoms. The summed E-state index contributed by atoms with van der Waals surface area (Å²) in [6.45, 7) is 1.88. The van der Waals surface area contributed by atoms with Crippen molar-refractivity contribution in [2.45, 2.75) is 6.92 Å². The van der Waals surface area contributed by atoms with Gasteiger partial charge in [-0.25, -0.2) is 5.43 Å². The third-order valence-corrected chi connectivity index (χ3v) is 3.70. The van der Waals surface area contributed by atoms with Gasteiger partial charge in [0.25, 0.3) is 11.8 Å². The molecule has 130 valence electrons. The van der Waals surface area contributed by atoms with Crippen LogP contribution in [-0.2, 0) is 0 Å². The van der Waals surface area contributed by atoms with Crippen LogP contribution in [0.15, 0.2) is 76.4 Å². The minimum Gasteiger partial charge on any atom is -0.463 e. The third-order valence-electron chi connectivity index (χ3n) is 3.70. The van der Waals surface area contributed by atoms with E-state index in [-0.39, 0.29) is 11.8 Å². The zero-order chi connectivity index (χ0) is 18.4. The number of carbonyl (C=O) groups is 2. The van der Waals surface area contributed by atoms with Gasteiger partial charge in [0.15, 0.2) is 0 Å². The molecule has 1 heterocycles. The summed E-state index contributed by atoms with van der Waals surface area (Å²) >= 11 is 0. The van der Waals surface area contributed by atoms with E-state index in [4.69, 9.17) is 4.42 Å². The second-order valence-corrected chi connectivity index (χ2v) is 5.56. The number of amides is 2. The Morgan fingerprint density at radius 1 is 0.962 bits per heavy atom.